The van der Waals surface area contributed by atoms with Crippen LogP contribution in [0.25, 0.3) is 10.1 Å². The average molecular weight is 365 g/mol. The van der Waals surface area contributed by atoms with Crippen molar-refractivity contribution in [3.05, 3.63) is 59.7 Å². The maximum Gasteiger partial charge on any atom is 0.416 e. The second-order valence-electron chi connectivity index (χ2n) is 5.29. The third kappa shape index (κ3) is 4.08. The third-order valence-corrected chi connectivity index (χ3v) is 4.36. The highest BCUT2D eigenvalue weighted by molar-refractivity contribution is 7.13. The molecule has 1 heterocycles. The lowest BCUT2D eigenvalue weighted by molar-refractivity contribution is -0.137. The predicted molar refractivity (Wildman–Crippen MR) is 91.9 cm³/mol. The smallest absolute Gasteiger partial charge is 0.367 e. The molecule has 0 unspecified atom stereocenters. The number of aromatic nitrogens is 1. The number of rotatable bonds is 5. The van der Waals surface area contributed by atoms with Crippen LogP contribution >= 0.6 is 11.5 Å². The summed E-state index contributed by atoms with van der Waals surface area (Å²) in [5.41, 5.74) is -0.860. The number of carbonyl (C=O) groups excluding carboxylic acids is 1. The highest BCUT2D eigenvalue weighted by atomic mass is 32.1. The maximum absolute atomic E-state index is 12.7. The molecule has 0 saturated heterocycles. The van der Waals surface area contributed by atoms with Gasteiger partial charge in [-0.25, -0.2) is 0 Å². The summed E-state index contributed by atoms with van der Waals surface area (Å²) in [7, 11) is 0. The molecule has 0 atom stereocenters. The summed E-state index contributed by atoms with van der Waals surface area (Å²) in [5, 5.41) is 6.71. The topological polar surface area (TPSA) is 54.0 Å². The van der Waals surface area contributed by atoms with Crippen LogP contribution in [-0.2, 0) is 6.18 Å². The van der Waals surface area contributed by atoms with Crippen molar-refractivity contribution in [2.75, 3.05) is 18.4 Å². The Bertz CT molecular complexity index is 892. The lowest BCUT2D eigenvalue weighted by Gasteiger charge is -2.09. The van der Waals surface area contributed by atoms with E-state index in [0.29, 0.717) is 6.54 Å². The number of anilines is 1. The number of carbonyl (C=O) groups is 1. The van der Waals surface area contributed by atoms with E-state index in [1.807, 2.05) is 24.3 Å². The standard InChI is InChI=1S/C17H14F3N3OS/c18-17(19,20)12-5-3-4-11(10-12)16(24)22-9-8-21-15-13-6-1-2-7-14(13)25-23-15/h1-7,10H,8-9H2,(H,21,23)(H,22,24). The first-order valence-electron chi connectivity index (χ1n) is 7.49. The summed E-state index contributed by atoms with van der Waals surface area (Å²) in [4.78, 5) is 12.0. The molecule has 0 aliphatic heterocycles. The van der Waals surface area contributed by atoms with Crippen molar-refractivity contribution in [1.29, 1.82) is 0 Å². The van der Waals surface area contributed by atoms with Crippen molar-refractivity contribution in [3.63, 3.8) is 0 Å². The van der Waals surface area contributed by atoms with Gasteiger partial charge in [-0.05, 0) is 41.9 Å². The summed E-state index contributed by atoms with van der Waals surface area (Å²) < 4.78 is 43.4. The van der Waals surface area contributed by atoms with Crippen LogP contribution in [0.15, 0.2) is 48.5 Å². The minimum atomic E-state index is -4.47. The number of alkyl halides is 3. The number of hydrogen-bond acceptors (Lipinski definition) is 4. The van der Waals surface area contributed by atoms with E-state index in [-0.39, 0.29) is 12.1 Å². The number of halogens is 3. The highest BCUT2D eigenvalue weighted by Crippen LogP contribution is 2.29. The van der Waals surface area contributed by atoms with Gasteiger partial charge in [-0.3, -0.25) is 4.79 Å². The molecule has 2 aromatic carbocycles. The molecule has 0 aliphatic carbocycles. The second kappa shape index (κ2) is 7.10. The van der Waals surface area contributed by atoms with Gasteiger partial charge in [0, 0.05) is 24.0 Å². The van der Waals surface area contributed by atoms with E-state index in [9.17, 15) is 18.0 Å². The second-order valence-corrected chi connectivity index (χ2v) is 6.09. The lowest BCUT2D eigenvalue weighted by atomic mass is 10.1. The van der Waals surface area contributed by atoms with Gasteiger partial charge in [-0.2, -0.15) is 17.5 Å². The minimum Gasteiger partial charge on any atom is -0.367 e. The van der Waals surface area contributed by atoms with E-state index >= 15 is 0 Å². The van der Waals surface area contributed by atoms with E-state index < -0.39 is 17.6 Å². The van der Waals surface area contributed by atoms with Gasteiger partial charge in [0.2, 0.25) is 0 Å². The Kier molecular flexibility index (Phi) is 4.89. The van der Waals surface area contributed by atoms with Crippen LogP contribution < -0.4 is 10.6 Å². The molecule has 0 radical (unpaired) electrons. The highest BCUT2D eigenvalue weighted by Gasteiger charge is 2.30. The Labute approximate surface area is 145 Å². The Balaban J connectivity index is 1.55. The fraction of sp³-hybridized carbons (Fsp3) is 0.176. The number of nitrogens with one attached hydrogen (secondary N) is 2. The third-order valence-electron chi connectivity index (χ3n) is 3.53. The first-order chi connectivity index (χ1) is 11.9. The molecule has 4 nitrogen and oxygen atoms in total. The fourth-order valence-electron chi connectivity index (χ4n) is 2.31. The summed E-state index contributed by atoms with van der Waals surface area (Å²) in [6.07, 6.45) is -4.47. The van der Waals surface area contributed by atoms with Crippen molar-refractivity contribution in [2.45, 2.75) is 6.18 Å². The van der Waals surface area contributed by atoms with Gasteiger partial charge in [0.25, 0.3) is 5.91 Å². The Morgan fingerprint density at radius 3 is 2.68 bits per heavy atom. The van der Waals surface area contributed by atoms with Crippen molar-refractivity contribution in [3.8, 4) is 0 Å². The van der Waals surface area contributed by atoms with Gasteiger partial charge < -0.3 is 10.6 Å². The zero-order valence-electron chi connectivity index (χ0n) is 12.9. The molecule has 8 heteroatoms. The summed E-state index contributed by atoms with van der Waals surface area (Å²) in [6.45, 7) is 0.680. The van der Waals surface area contributed by atoms with Crippen LogP contribution in [0.5, 0.6) is 0 Å². The van der Waals surface area contributed by atoms with Crippen LogP contribution in [-0.4, -0.2) is 23.4 Å². The van der Waals surface area contributed by atoms with E-state index in [4.69, 9.17) is 0 Å². The monoisotopic (exact) mass is 365 g/mol. The maximum atomic E-state index is 12.7. The number of hydrogen-bond donors (Lipinski definition) is 2. The van der Waals surface area contributed by atoms with Crippen molar-refractivity contribution < 1.29 is 18.0 Å². The molecule has 1 aromatic heterocycles. The first kappa shape index (κ1) is 17.2. The Morgan fingerprint density at radius 2 is 1.88 bits per heavy atom. The van der Waals surface area contributed by atoms with E-state index in [1.54, 1.807) is 0 Å². The fourth-order valence-corrected chi connectivity index (χ4v) is 3.06. The van der Waals surface area contributed by atoms with Gasteiger partial charge in [0.1, 0.15) is 5.82 Å². The summed E-state index contributed by atoms with van der Waals surface area (Å²) in [6, 6.07) is 12.1. The molecule has 1 amide bonds. The summed E-state index contributed by atoms with van der Waals surface area (Å²) >= 11 is 1.37. The molecule has 0 saturated carbocycles. The van der Waals surface area contributed by atoms with Crippen molar-refractivity contribution in [2.24, 2.45) is 0 Å². The van der Waals surface area contributed by atoms with E-state index in [0.717, 1.165) is 28.0 Å². The first-order valence-corrected chi connectivity index (χ1v) is 8.26. The van der Waals surface area contributed by atoms with Gasteiger partial charge in [-0.1, -0.05) is 18.2 Å². The van der Waals surface area contributed by atoms with Crippen LogP contribution in [0.2, 0.25) is 0 Å². The van der Waals surface area contributed by atoms with Crippen LogP contribution in [0, 0.1) is 0 Å². The van der Waals surface area contributed by atoms with Gasteiger partial charge in [-0.15, -0.1) is 0 Å². The number of fused-ring (bicyclic) bond motifs is 1. The quantitative estimate of drug-likeness (QED) is 0.668. The Morgan fingerprint density at radius 1 is 1.08 bits per heavy atom. The number of amides is 1. The summed E-state index contributed by atoms with van der Waals surface area (Å²) in [5.74, 6) is 0.185. The molecule has 130 valence electrons. The lowest BCUT2D eigenvalue weighted by Crippen LogP contribution is -2.29. The van der Waals surface area contributed by atoms with Crippen LogP contribution in [0.4, 0.5) is 19.0 Å². The SMILES string of the molecule is O=C(NCCNc1nsc2ccccc12)c1cccc(C(F)(F)F)c1. The van der Waals surface area contributed by atoms with E-state index in [2.05, 4.69) is 15.0 Å². The molecule has 0 spiro atoms. The molecular formula is C17H14F3N3OS. The van der Waals surface area contributed by atoms with Crippen molar-refractivity contribution in [1.82, 2.24) is 9.69 Å². The molecule has 0 aliphatic rings. The van der Waals surface area contributed by atoms with Crippen LogP contribution in [0.3, 0.4) is 0 Å². The molecule has 0 bridgehead atoms. The molecule has 3 aromatic rings. The molecule has 0 fully saturated rings. The minimum absolute atomic E-state index is 0.0195. The van der Waals surface area contributed by atoms with E-state index in [1.165, 1.54) is 23.7 Å². The number of benzene rings is 2. The predicted octanol–water partition coefficient (Wildman–Crippen LogP) is 4.16. The van der Waals surface area contributed by atoms with Gasteiger partial charge in [0.05, 0.1) is 10.3 Å². The van der Waals surface area contributed by atoms with Crippen LogP contribution in [0.1, 0.15) is 15.9 Å². The number of nitrogens with zero attached hydrogens (tertiary/aromatic N) is 1. The zero-order valence-corrected chi connectivity index (χ0v) is 13.7. The molecule has 2 N–H and O–H groups in total. The Hall–Kier alpha value is -2.61. The van der Waals surface area contributed by atoms with Gasteiger partial charge >= 0.3 is 6.18 Å². The molecule has 3 rings (SSSR count). The molecular weight excluding hydrogens is 351 g/mol. The van der Waals surface area contributed by atoms with Gasteiger partial charge in [0.15, 0.2) is 0 Å². The largest absolute Gasteiger partial charge is 0.416 e. The zero-order chi connectivity index (χ0) is 17.9. The van der Waals surface area contributed by atoms with Crippen molar-refractivity contribution >= 4 is 33.3 Å². The molecule has 25 heavy (non-hydrogen) atoms. The average Bonchev–Trinajstić information content (AvgIpc) is 3.01. The normalized spacial score (nSPS) is 11.5.